The Balaban J connectivity index is 2.78. The van der Waals surface area contributed by atoms with Gasteiger partial charge < -0.3 is 5.32 Å². The van der Waals surface area contributed by atoms with Crippen molar-refractivity contribution < 1.29 is 4.39 Å². The van der Waals surface area contributed by atoms with Gasteiger partial charge in [0.05, 0.1) is 4.47 Å². The van der Waals surface area contributed by atoms with Gasteiger partial charge in [0, 0.05) is 6.04 Å². The van der Waals surface area contributed by atoms with Crippen LogP contribution in [0.25, 0.3) is 0 Å². The van der Waals surface area contributed by atoms with E-state index in [1.807, 2.05) is 20.0 Å². The zero-order valence-electron chi connectivity index (χ0n) is 9.69. The molecule has 1 atom stereocenters. The van der Waals surface area contributed by atoms with Crippen molar-refractivity contribution in [2.24, 2.45) is 0 Å². The molecule has 3 heteroatoms. The Bertz CT molecular complexity index is 376. The lowest BCUT2D eigenvalue weighted by atomic mass is 10.00. The van der Waals surface area contributed by atoms with E-state index in [1.54, 1.807) is 12.1 Å². The number of hydrogen-bond acceptors (Lipinski definition) is 1. The second-order valence-corrected chi connectivity index (χ2v) is 4.86. The number of benzene rings is 1. The van der Waals surface area contributed by atoms with Gasteiger partial charge in [0.15, 0.2) is 0 Å². The van der Waals surface area contributed by atoms with E-state index >= 15 is 0 Å². The van der Waals surface area contributed by atoms with Crippen LogP contribution in [0.3, 0.4) is 0 Å². The SMILES string of the molecule is C=C(C)CCC(NC)c1ccc(Br)c(F)c1. The van der Waals surface area contributed by atoms with Crippen molar-refractivity contribution in [1.29, 1.82) is 0 Å². The topological polar surface area (TPSA) is 12.0 Å². The van der Waals surface area contributed by atoms with E-state index in [1.165, 1.54) is 0 Å². The van der Waals surface area contributed by atoms with Crippen LogP contribution in [-0.2, 0) is 0 Å². The first-order valence-electron chi connectivity index (χ1n) is 5.31. The molecule has 1 aromatic carbocycles. The molecule has 0 saturated heterocycles. The van der Waals surface area contributed by atoms with Gasteiger partial charge in [0.25, 0.3) is 0 Å². The van der Waals surface area contributed by atoms with Crippen molar-refractivity contribution in [2.75, 3.05) is 7.05 Å². The van der Waals surface area contributed by atoms with Gasteiger partial charge >= 0.3 is 0 Å². The lowest BCUT2D eigenvalue weighted by Gasteiger charge is -2.17. The maximum atomic E-state index is 13.4. The molecule has 16 heavy (non-hydrogen) atoms. The second-order valence-electron chi connectivity index (χ2n) is 4.01. The van der Waals surface area contributed by atoms with Crippen molar-refractivity contribution in [2.45, 2.75) is 25.8 Å². The molecule has 0 radical (unpaired) electrons. The molecule has 0 fully saturated rings. The largest absolute Gasteiger partial charge is 0.313 e. The second kappa shape index (κ2) is 6.16. The van der Waals surface area contributed by atoms with Crippen LogP contribution in [0.2, 0.25) is 0 Å². The molecule has 1 aromatic rings. The quantitative estimate of drug-likeness (QED) is 0.800. The van der Waals surface area contributed by atoms with E-state index < -0.39 is 0 Å². The van der Waals surface area contributed by atoms with Crippen LogP contribution in [0.15, 0.2) is 34.8 Å². The fraction of sp³-hybridized carbons (Fsp3) is 0.385. The molecule has 1 N–H and O–H groups in total. The van der Waals surface area contributed by atoms with Gasteiger partial charge in [-0.3, -0.25) is 0 Å². The van der Waals surface area contributed by atoms with Gasteiger partial charge in [-0.15, -0.1) is 6.58 Å². The van der Waals surface area contributed by atoms with Crippen LogP contribution in [0.4, 0.5) is 4.39 Å². The molecule has 0 aliphatic rings. The molecule has 0 aromatic heterocycles. The third-order valence-corrected chi connectivity index (χ3v) is 3.20. The minimum absolute atomic E-state index is 0.180. The third kappa shape index (κ3) is 3.72. The fourth-order valence-corrected chi connectivity index (χ4v) is 1.84. The predicted octanol–water partition coefficient (Wildman–Crippen LogP) is 4.21. The summed E-state index contributed by atoms with van der Waals surface area (Å²) in [6, 6.07) is 5.44. The number of halogens is 2. The highest BCUT2D eigenvalue weighted by Crippen LogP contribution is 2.24. The first-order chi connectivity index (χ1) is 7.54. The molecule has 1 rings (SSSR count). The molecule has 88 valence electrons. The van der Waals surface area contributed by atoms with Crippen LogP contribution in [-0.4, -0.2) is 7.05 Å². The van der Waals surface area contributed by atoms with Gasteiger partial charge in [-0.1, -0.05) is 11.6 Å². The maximum absolute atomic E-state index is 13.4. The Morgan fingerprint density at radius 1 is 1.56 bits per heavy atom. The third-order valence-electron chi connectivity index (χ3n) is 2.55. The molecule has 0 bridgehead atoms. The summed E-state index contributed by atoms with van der Waals surface area (Å²) in [5.74, 6) is -0.215. The summed E-state index contributed by atoms with van der Waals surface area (Å²) in [5, 5.41) is 3.20. The van der Waals surface area contributed by atoms with Gasteiger partial charge in [0.2, 0.25) is 0 Å². The van der Waals surface area contributed by atoms with Crippen molar-refractivity contribution in [3.8, 4) is 0 Å². The Morgan fingerprint density at radius 3 is 2.75 bits per heavy atom. The summed E-state index contributed by atoms with van der Waals surface area (Å²) < 4.78 is 13.9. The lowest BCUT2D eigenvalue weighted by Crippen LogP contribution is -2.16. The Labute approximate surface area is 105 Å². The molecular formula is C13H17BrFN. The van der Waals surface area contributed by atoms with E-state index in [-0.39, 0.29) is 11.9 Å². The van der Waals surface area contributed by atoms with E-state index in [2.05, 4.69) is 27.8 Å². The number of hydrogen-bond donors (Lipinski definition) is 1. The van der Waals surface area contributed by atoms with Crippen LogP contribution in [0.5, 0.6) is 0 Å². The highest BCUT2D eigenvalue weighted by Gasteiger charge is 2.10. The van der Waals surface area contributed by atoms with E-state index in [0.29, 0.717) is 4.47 Å². The number of allylic oxidation sites excluding steroid dienone is 1. The minimum Gasteiger partial charge on any atom is -0.313 e. The molecule has 0 saturated carbocycles. The smallest absolute Gasteiger partial charge is 0.137 e. The normalized spacial score (nSPS) is 12.5. The molecule has 0 amide bonds. The first kappa shape index (κ1) is 13.4. The Kier molecular flexibility index (Phi) is 5.16. The van der Waals surface area contributed by atoms with Gasteiger partial charge in [-0.25, -0.2) is 4.39 Å². The van der Waals surface area contributed by atoms with E-state index in [4.69, 9.17) is 0 Å². The zero-order chi connectivity index (χ0) is 12.1. The average molecular weight is 286 g/mol. The molecule has 0 heterocycles. The number of rotatable bonds is 5. The summed E-state index contributed by atoms with van der Waals surface area (Å²) in [4.78, 5) is 0. The Hall–Kier alpha value is -0.670. The van der Waals surface area contributed by atoms with Crippen molar-refractivity contribution in [3.63, 3.8) is 0 Å². The van der Waals surface area contributed by atoms with E-state index in [9.17, 15) is 4.39 Å². The fourth-order valence-electron chi connectivity index (χ4n) is 1.60. The van der Waals surface area contributed by atoms with Crippen LogP contribution >= 0.6 is 15.9 Å². The summed E-state index contributed by atoms with van der Waals surface area (Å²) >= 11 is 3.15. The van der Waals surface area contributed by atoms with E-state index in [0.717, 1.165) is 24.0 Å². The molecule has 1 unspecified atom stereocenters. The summed E-state index contributed by atoms with van der Waals surface area (Å²) in [6.07, 6.45) is 1.89. The van der Waals surface area contributed by atoms with Crippen molar-refractivity contribution in [3.05, 3.63) is 46.2 Å². The molecule has 0 spiro atoms. The zero-order valence-corrected chi connectivity index (χ0v) is 11.3. The van der Waals surface area contributed by atoms with Crippen LogP contribution in [0.1, 0.15) is 31.4 Å². The Morgan fingerprint density at radius 2 is 2.25 bits per heavy atom. The summed E-state index contributed by atoms with van der Waals surface area (Å²) in [7, 11) is 1.89. The van der Waals surface area contributed by atoms with Crippen molar-refractivity contribution in [1.82, 2.24) is 5.32 Å². The van der Waals surface area contributed by atoms with Crippen molar-refractivity contribution >= 4 is 15.9 Å². The predicted molar refractivity (Wildman–Crippen MR) is 69.9 cm³/mol. The molecule has 0 aliphatic carbocycles. The highest BCUT2D eigenvalue weighted by molar-refractivity contribution is 9.10. The molecule has 1 nitrogen and oxygen atoms in total. The monoisotopic (exact) mass is 285 g/mol. The van der Waals surface area contributed by atoms with Gasteiger partial charge in [-0.05, 0) is 60.4 Å². The maximum Gasteiger partial charge on any atom is 0.137 e. The lowest BCUT2D eigenvalue weighted by molar-refractivity contribution is 0.540. The summed E-state index contributed by atoms with van der Waals surface area (Å²) in [5.41, 5.74) is 2.13. The summed E-state index contributed by atoms with van der Waals surface area (Å²) in [6.45, 7) is 5.89. The minimum atomic E-state index is -0.215. The highest BCUT2D eigenvalue weighted by atomic mass is 79.9. The van der Waals surface area contributed by atoms with Gasteiger partial charge in [-0.2, -0.15) is 0 Å². The first-order valence-corrected chi connectivity index (χ1v) is 6.10. The average Bonchev–Trinajstić information content (AvgIpc) is 2.23. The standard InChI is InChI=1S/C13H17BrFN/c1-9(2)4-7-13(16-3)10-5-6-11(14)12(15)8-10/h5-6,8,13,16H,1,4,7H2,2-3H3. The van der Waals surface area contributed by atoms with Gasteiger partial charge in [0.1, 0.15) is 5.82 Å². The van der Waals surface area contributed by atoms with Crippen LogP contribution < -0.4 is 5.32 Å². The van der Waals surface area contributed by atoms with Crippen LogP contribution in [0, 0.1) is 5.82 Å². The number of nitrogens with one attached hydrogen (secondary N) is 1. The molecular weight excluding hydrogens is 269 g/mol. The molecule has 0 aliphatic heterocycles.